The lowest BCUT2D eigenvalue weighted by atomic mass is 9.82. The van der Waals surface area contributed by atoms with Gasteiger partial charge in [-0.1, -0.05) is 26.5 Å². The van der Waals surface area contributed by atoms with Crippen molar-refractivity contribution in [2.45, 2.75) is 45.8 Å². The standard InChI is InChI=1S/C33H44N8/c1-25-30-17-34-18-31(40-23-28(24-40)38-15-13-36(4)14-16-38)29(30)7-10-39(25)21-27-22-41-20-26(5-6-32(41)35-27)19-37-11-8-33(2,3)9-12-37/h5-7,10,17-18,20,22,28H,1,8-9,11-16,19,21,23-24H2,2-4H3. The highest BCUT2D eigenvalue weighted by Gasteiger charge is 2.35. The second-order valence-corrected chi connectivity index (χ2v) is 13.4. The van der Waals surface area contributed by atoms with E-state index in [0.29, 0.717) is 18.0 Å². The minimum Gasteiger partial charge on any atom is -0.367 e. The number of fused-ring (bicyclic) bond motifs is 2. The van der Waals surface area contributed by atoms with E-state index in [1.807, 2.05) is 12.4 Å². The van der Waals surface area contributed by atoms with Gasteiger partial charge in [0.1, 0.15) is 5.65 Å². The summed E-state index contributed by atoms with van der Waals surface area (Å²) in [5, 5.41) is 0. The van der Waals surface area contributed by atoms with E-state index in [4.69, 9.17) is 4.98 Å². The number of hydrogen-bond acceptors (Lipinski definition) is 7. The van der Waals surface area contributed by atoms with Gasteiger partial charge in [0.05, 0.1) is 24.1 Å². The van der Waals surface area contributed by atoms with Gasteiger partial charge in [-0.25, -0.2) is 4.98 Å². The predicted octanol–water partition coefficient (Wildman–Crippen LogP) is 4.24. The first kappa shape index (κ1) is 26.7. The van der Waals surface area contributed by atoms with Crippen molar-refractivity contribution in [2.24, 2.45) is 5.41 Å². The fraction of sp³-hybridized carbons (Fsp3) is 0.515. The first-order valence-corrected chi connectivity index (χ1v) is 15.3. The number of likely N-dealkylation sites (tertiary alicyclic amines) is 1. The minimum absolute atomic E-state index is 0.479. The fourth-order valence-corrected chi connectivity index (χ4v) is 6.75. The molecule has 0 atom stereocenters. The fourth-order valence-electron chi connectivity index (χ4n) is 6.75. The van der Waals surface area contributed by atoms with Gasteiger partial charge >= 0.3 is 0 Å². The van der Waals surface area contributed by atoms with Crippen LogP contribution < -0.4 is 4.90 Å². The lowest BCUT2D eigenvalue weighted by Gasteiger charge is -2.49. The van der Waals surface area contributed by atoms with E-state index >= 15 is 0 Å². The third-order valence-corrected chi connectivity index (χ3v) is 9.81. The van der Waals surface area contributed by atoms with Gasteiger partial charge in [-0.3, -0.25) is 14.8 Å². The van der Waals surface area contributed by atoms with Crippen molar-refractivity contribution >= 4 is 23.1 Å². The molecule has 3 fully saturated rings. The number of hydrogen-bond donors (Lipinski definition) is 0. The Bertz CT molecular complexity index is 1450. The SMILES string of the molecule is C=C1c2cncc(N3CC(N4CCN(C)CC4)C3)c2C=CN1Cc1cn2cc(CN3CCC(C)(C)CC3)ccc2n1. The van der Waals surface area contributed by atoms with Crippen LogP contribution in [0.3, 0.4) is 0 Å². The predicted molar refractivity (Wildman–Crippen MR) is 166 cm³/mol. The van der Waals surface area contributed by atoms with Crippen LogP contribution in [0.2, 0.25) is 0 Å². The van der Waals surface area contributed by atoms with Crippen molar-refractivity contribution in [3.63, 3.8) is 0 Å². The smallest absolute Gasteiger partial charge is 0.137 e. The number of imidazole rings is 1. The average molecular weight is 553 g/mol. The van der Waals surface area contributed by atoms with Crippen molar-refractivity contribution in [1.29, 1.82) is 0 Å². The van der Waals surface area contributed by atoms with Crippen LogP contribution in [0.15, 0.2) is 49.7 Å². The summed E-state index contributed by atoms with van der Waals surface area (Å²) < 4.78 is 2.18. The average Bonchev–Trinajstić information content (AvgIpc) is 3.34. The summed E-state index contributed by atoms with van der Waals surface area (Å²) in [6.45, 7) is 20.1. The van der Waals surface area contributed by atoms with Crippen LogP contribution in [0.4, 0.5) is 5.69 Å². The Hall–Kier alpha value is -3.20. The molecule has 8 nitrogen and oxygen atoms in total. The van der Waals surface area contributed by atoms with Crippen LogP contribution in [0, 0.1) is 5.41 Å². The Morgan fingerprint density at radius 3 is 2.51 bits per heavy atom. The summed E-state index contributed by atoms with van der Waals surface area (Å²) >= 11 is 0. The molecule has 7 rings (SSSR count). The Balaban J connectivity index is 1.00. The van der Waals surface area contributed by atoms with Crippen molar-refractivity contribution < 1.29 is 0 Å². The molecule has 0 aromatic carbocycles. The quantitative estimate of drug-likeness (QED) is 0.453. The molecule has 0 spiro atoms. The highest BCUT2D eigenvalue weighted by Crippen LogP contribution is 2.37. The number of piperidine rings is 1. The molecule has 0 amide bonds. The van der Waals surface area contributed by atoms with Gasteiger partial charge in [-0.05, 0) is 56.1 Å². The molecule has 7 heterocycles. The molecule has 0 saturated carbocycles. The van der Waals surface area contributed by atoms with Crippen LogP contribution in [0.25, 0.3) is 17.4 Å². The van der Waals surface area contributed by atoms with Crippen LogP contribution >= 0.6 is 0 Å². The summed E-state index contributed by atoms with van der Waals surface area (Å²) in [5.74, 6) is 0. The van der Waals surface area contributed by atoms with Crippen LogP contribution in [-0.4, -0.2) is 99.4 Å². The molecule has 41 heavy (non-hydrogen) atoms. The summed E-state index contributed by atoms with van der Waals surface area (Å²) in [5.41, 5.74) is 8.42. The van der Waals surface area contributed by atoms with Gasteiger partial charge in [-0.15, -0.1) is 0 Å². The maximum absolute atomic E-state index is 4.93. The Kier molecular flexibility index (Phi) is 6.88. The van der Waals surface area contributed by atoms with Gasteiger partial charge in [0.25, 0.3) is 0 Å². The van der Waals surface area contributed by atoms with E-state index in [1.165, 1.54) is 68.9 Å². The zero-order chi connectivity index (χ0) is 28.1. The largest absolute Gasteiger partial charge is 0.367 e. The van der Waals surface area contributed by atoms with Crippen molar-refractivity contribution in [3.8, 4) is 0 Å². The second-order valence-electron chi connectivity index (χ2n) is 13.4. The van der Waals surface area contributed by atoms with E-state index in [2.05, 4.69) is 98.2 Å². The number of aromatic nitrogens is 3. The van der Waals surface area contributed by atoms with Crippen LogP contribution in [0.1, 0.15) is 49.1 Å². The third-order valence-electron chi connectivity index (χ3n) is 9.81. The van der Waals surface area contributed by atoms with E-state index in [9.17, 15) is 0 Å². The summed E-state index contributed by atoms with van der Waals surface area (Å²) in [7, 11) is 2.22. The van der Waals surface area contributed by atoms with Gasteiger partial charge in [0.2, 0.25) is 0 Å². The van der Waals surface area contributed by atoms with Gasteiger partial charge < -0.3 is 19.1 Å². The van der Waals surface area contributed by atoms with Crippen LogP contribution in [-0.2, 0) is 13.1 Å². The van der Waals surface area contributed by atoms with Gasteiger partial charge in [-0.2, -0.15) is 0 Å². The van der Waals surface area contributed by atoms with E-state index in [-0.39, 0.29) is 0 Å². The molecule has 3 aromatic rings. The summed E-state index contributed by atoms with van der Waals surface area (Å²) in [6.07, 6.45) is 15.4. The Morgan fingerprint density at radius 1 is 0.951 bits per heavy atom. The highest BCUT2D eigenvalue weighted by atomic mass is 15.3. The number of anilines is 1. The second kappa shape index (κ2) is 10.6. The molecule has 3 saturated heterocycles. The molecule has 0 aliphatic carbocycles. The minimum atomic E-state index is 0.479. The maximum atomic E-state index is 4.93. The molecular weight excluding hydrogens is 508 g/mol. The number of rotatable bonds is 6. The highest BCUT2D eigenvalue weighted by molar-refractivity contribution is 5.83. The molecule has 0 N–H and O–H groups in total. The molecule has 8 heteroatoms. The lowest BCUT2D eigenvalue weighted by molar-refractivity contribution is 0.0963. The summed E-state index contributed by atoms with van der Waals surface area (Å²) in [6, 6.07) is 5.04. The van der Waals surface area contributed by atoms with Crippen LogP contribution in [0.5, 0.6) is 0 Å². The van der Waals surface area contributed by atoms with Crippen molar-refractivity contribution in [2.75, 3.05) is 64.3 Å². The Labute approximate surface area is 244 Å². The number of piperazine rings is 1. The molecule has 4 aliphatic rings. The zero-order valence-corrected chi connectivity index (χ0v) is 25.0. The maximum Gasteiger partial charge on any atom is 0.137 e. The van der Waals surface area contributed by atoms with Gasteiger partial charge in [0.15, 0.2) is 0 Å². The molecule has 3 aromatic heterocycles. The number of pyridine rings is 2. The molecule has 0 bridgehead atoms. The first-order chi connectivity index (χ1) is 19.8. The van der Waals surface area contributed by atoms with E-state index < -0.39 is 0 Å². The number of nitrogens with zero attached hydrogens (tertiary/aromatic N) is 8. The monoisotopic (exact) mass is 552 g/mol. The van der Waals surface area contributed by atoms with Crippen molar-refractivity contribution in [1.82, 2.24) is 34.0 Å². The van der Waals surface area contributed by atoms with E-state index in [1.54, 1.807) is 0 Å². The molecule has 0 unspecified atom stereocenters. The van der Waals surface area contributed by atoms with Crippen molar-refractivity contribution in [3.05, 3.63) is 72.1 Å². The van der Waals surface area contributed by atoms with E-state index in [0.717, 1.165) is 42.2 Å². The van der Waals surface area contributed by atoms with Gasteiger partial charge in [0, 0.05) is 93.5 Å². The first-order valence-electron chi connectivity index (χ1n) is 15.3. The molecule has 4 aliphatic heterocycles. The topological polar surface area (TPSA) is 46.4 Å². The summed E-state index contributed by atoms with van der Waals surface area (Å²) in [4.78, 5) is 21.9. The number of likely N-dealkylation sites (N-methyl/N-ethyl adjacent to an activating group) is 1. The Morgan fingerprint density at radius 2 is 1.73 bits per heavy atom. The zero-order valence-electron chi connectivity index (χ0n) is 25.0. The normalized spacial score (nSPS) is 22.4. The molecule has 216 valence electrons. The molecular formula is C33H44N8. The molecule has 0 radical (unpaired) electrons. The third kappa shape index (κ3) is 5.41. The lowest BCUT2D eigenvalue weighted by Crippen LogP contribution is -2.63.